The smallest absolute Gasteiger partial charge is 0.207 e. The van der Waals surface area contributed by atoms with Crippen molar-refractivity contribution in [3.05, 3.63) is 83.4 Å². The molecule has 0 spiro atoms. The fourth-order valence-corrected chi connectivity index (χ4v) is 6.22. The van der Waals surface area contributed by atoms with Crippen molar-refractivity contribution in [1.29, 1.82) is 0 Å². The number of nitrogens with zero attached hydrogens (tertiary/aromatic N) is 1. The lowest BCUT2D eigenvalue weighted by Crippen LogP contribution is -2.36. The topological polar surface area (TPSA) is 37.4 Å². The van der Waals surface area contributed by atoms with E-state index in [0.717, 1.165) is 35.1 Å². The van der Waals surface area contributed by atoms with E-state index in [0.29, 0.717) is 15.8 Å². The van der Waals surface area contributed by atoms with Crippen LogP contribution in [0.2, 0.25) is 0 Å². The molecule has 0 bridgehead atoms. The first-order chi connectivity index (χ1) is 15.4. The zero-order chi connectivity index (χ0) is 22.7. The molecule has 1 atom stereocenters. The predicted molar refractivity (Wildman–Crippen MR) is 132 cm³/mol. The maximum atomic E-state index is 13.6. The summed E-state index contributed by atoms with van der Waals surface area (Å²) in [5.74, 6) is 0. The van der Waals surface area contributed by atoms with Crippen molar-refractivity contribution in [1.82, 2.24) is 4.90 Å². The van der Waals surface area contributed by atoms with E-state index >= 15 is 0 Å². The fourth-order valence-electron chi connectivity index (χ4n) is 4.77. The van der Waals surface area contributed by atoms with Crippen molar-refractivity contribution in [2.75, 3.05) is 13.6 Å². The van der Waals surface area contributed by atoms with Crippen LogP contribution in [0.1, 0.15) is 42.4 Å². The summed E-state index contributed by atoms with van der Waals surface area (Å²) in [7, 11) is -1.40. The second-order valence-electron chi connectivity index (χ2n) is 9.14. The van der Waals surface area contributed by atoms with Crippen molar-refractivity contribution in [2.45, 2.75) is 61.8 Å². The largest absolute Gasteiger partial charge is 0.303 e. The Morgan fingerprint density at radius 1 is 0.875 bits per heavy atom. The van der Waals surface area contributed by atoms with Gasteiger partial charge in [0.25, 0.3) is 0 Å². The number of aryl methyl sites for hydroxylation is 3. The Hall–Kier alpha value is -2.43. The maximum Gasteiger partial charge on any atom is 0.207 e. The second-order valence-corrected chi connectivity index (χ2v) is 11.1. The van der Waals surface area contributed by atoms with E-state index in [2.05, 4.69) is 30.1 Å². The molecule has 3 aromatic carbocycles. The van der Waals surface area contributed by atoms with Gasteiger partial charge in [0, 0.05) is 11.6 Å². The average molecular weight is 448 g/mol. The fraction of sp³-hybridized carbons (Fsp3) is 0.357. The van der Waals surface area contributed by atoms with Crippen LogP contribution in [0, 0.1) is 13.8 Å². The first kappa shape index (κ1) is 22.8. The summed E-state index contributed by atoms with van der Waals surface area (Å²) in [6, 6.07) is 21.7. The molecule has 4 rings (SSSR count). The molecule has 1 heterocycles. The lowest BCUT2D eigenvalue weighted by Gasteiger charge is -2.32. The highest BCUT2D eigenvalue weighted by molar-refractivity contribution is 7.91. The Morgan fingerprint density at radius 3 is 2.34 bits per heavy atom. The van der Waals surface area contributed by atoms with Gasteiger partial charge in [0.1, 0.15) is 0 Å². The molecule has 1 saturated heterocycles. The molecule has 3 nitrogen and oxygen atoms in total. The Labute approximate surface area is 193 Å². The second kappa shape index (κ2) is 9.60. The lowest BCUT2D eigenvalue weighted by atomic mass is 9.92. The molecule has 168 valence electrons. The number of piperidine rings is 1. The van der Waals surface area contributed by atoms with Crippen molar-refractivity contribution < 1.29 is 8.42 Å². The molecule has 0 aromatic heterocycles. The minimum Gasteiger partial charge on any atom is -0.303 e. The van der Waals surface area contributed by atoms with Gasteiger partial charge in [-0.15, -0.1) is 0 Å². The summed E-state index contributed by atoms with van der Waals surface area (Å²) in [4.78, 5) is 3.20. The monoisotopic (exact) mass is 447 g/mol. The quantitative estimate of drug-likeness (QED) is 0.450. The molecule has 32 heavy (non-hydrogen) atoms. The Bertz CT molecular complexity index is 1180. The summed E-state index contributed by atoms with van der Waals surface area (Å²) >= 11 is 0. The van der Waals surface area contributed by atoms with E-state index in [9.17, 15) is 8.42 Å². The number of rotatable bonds is 6. The summed E-state index contributed by atoms with van der Waals surface area (Å²) in [5.41, 5.74) is 5.16. The van der Waals surface area contributed by atoms with Gasteiger partial charge in [-0.05, 0) is 82.4 Å². The van der Waals surface area contributed by atoms with Crippen molar-refractivity contribution >= 4 is 9.84 Å². The highest BCUT2D eigenvalue weighted by atomic mass is 32.2. The van der Waals surface area contributed by atoms with Crippen LogP contribution in [-0.4, -0.2) is 33.0 Å². The highest BCUT2D eigenvalue weighted by Gasteiger charge is 2.24. The molecule has 4 heteroatoms. The van der Waals surface area contributed by atoms with Crippen LogP contribution in [0.4, 0.5) is 0 Å². The van der Waals surface area contributed by atoms with Crippen molar-refractivity contribution in [2.24, 2.45) is 0 Å². The van der Waals surface area contributed by atoms with Gasteiger partial charge in [-0.1, -0.05) is 66.1 Å². The lowest BCUT2D eigenvalue weighted by molar-refractivity contribution is 0.176. The third-order valence-electron chi connectivity index (χ3n) is 6.73. The van der Waals surface area contributed by atoms with Crippen LogP contribution >= 0.6 is 0 Å². The standard InChI is InChI=1S/C28H33NO2S/c1-21-11-16-25(17-12-21)32(30,31)28-18-13-22(2)20-27(28)26-10-5-4-8-23(26)14-15-24-9-6-7-19-29(24)3/h4-5,8,10-13,16-18,20,24H,6-7,9,14-15,19H2,1-3H3. The third-order valence-corrected chi connectivity index (χ3v) is 8.56. The number of sulfone groups is 1. The molecule has 1 aliphatic heterocycles. The van der Waals surface area contributed by atoms with Gasteiger partial charge in [0.2, 0.25) is 9.84 Å². The Balaban J connectivity index is 1.73. The first-order valence-electron chi connectivity index (χ1n) is 11.6. The third kappa shape index (κ3) is 4.82. The molecule has 0 N–H and O–H groups in total. The van der Waals surface area contributed by atoms with Gasteiger partial charge >= 0.3 is 0 Å². The Morgan fingerprint density at radius 2 is 1.59 bits per heavy atom. The minimum atomic E-state index is -3.62. The van der Waals surface area contributed by atoms with Crippen LogP contribution in [0.3, 0.4) is 0 Å². The zero-order valence-corrected chi connectivity index (χ0v) is 20.2. The average Bonchev–Trinajstić information content (AvgIpc) is 2.79. The zero-order valence-electron chi connectivity index (χ0n) is 19.3. The summed E-state index contributed by atoms with van der Waals surface area (Å²) in [5, 5.41) is 0. The predicted octanol–water partition coefficient (Wildman–Crippen LogP) is 6.22. The van der Waals surface area contributed by atoms with Crippen molar-refractivity contribution in [3.63, 3.8) is 0 Å². The molecule has 3 aromatic rings. The first-order valence-corrected chi connectivity index (χ1v) is 13.1. The van der Waals surface area contributed by atoms with Crippen LogP contribution in [0.5, 0.6) is 0 Å². The molecule has 0 saturated carbocycles. The molecule has 1 unspecified atom stereocenters. The molecular formula is C28H33NO2S. The van der Waals surface area contributed by atoms with E-state index < -0.39 is 9.84 Å². The van der Waals surface area contributed by atoms with E-state index in [4.69, 9.17) is 0 Å². The molecule has 1 fully saturated rings. The molecule has 0 radical (unpaired) electrons. The van der Waals surface area contributed by atoms with Crippen LogP contribution in [0.25, 0.3) is 11.1 Å². The van der Waals surface area contributed by atoms with E-state index in [-0.39, 0.29) is 0 Å². The number of hydrogen-bond donors (Lipinski definition) is 0. The van der Waals surface area contributed by atoms with E-state index in [1.165, 1.54) is 31.4 Å². The van der Waals surface area contributed by atoms with E-state index in [1.54, 1.807) is 18.2 Å². The number of hydrogen-bond acceptors (Lipinski definition) is 3. The van der Waals surface area contributed by atoms with Gasteiger partial charge in [-0.25, -0.2) is 8.42 Å². The molecule has 0 amide bonds. The van der Waals surface area contributed by atoms with Gasteiger partial charge in [-0.3, -0.25) is 0 Å². The van der Waals surface area contributed by atoms with Gasteiger partial charge in [-0.2, -0.15) is 0 Å². The molecule has 1 aliphatic rings. The van der Waals surface area contributed by atoms with Crippen LogP contribution < -0.4 is 0 Å². The van der Waals surface area contributed by atoms with E-state index in [1.807, 2.05) is 44.2 Å². The maximum absolute atomic E-state index is 13.6. The van der Waals surface area contributed by atoms with Gasteiger partial charge < -0.3 is 4.90 Å². The van der Waals surface area contributed by atoms with Crippen LogP contribution in [0.15, 0.2) is 76.5 Å². The van der Waals surface area contributed by atoms with Gasteiger partial charge in [0.15, 0.2) is 0 Å². The van der Waals surface area contributed by atoms with Gasteiger partial charge in [0.05, 0.1) is 9.79 Å². The minimum absolute atomic E-state index is 0.342. The highest BCUT2D eigenvalue weighted by Crippen LogP contribution is 2.35. The molecular weight excluding hydrogens is 414 g/mol. The van der Waals surface area contributed by atoms with Crippen LogP contribution in [-0.2, 0) is 16.3 Å². The number of likely N-dealkylation sites (tertiary alicyclic amines) is 1. The summed E-state index contributed by atoms with van der Waals surface area (Å²) < 4.78 is 27.2. The SMILES string of the molecule is Cc1ccc(S(=O)(=O)c2ccc(C)cc2-c2ccccc2CCC2CCCCN2C)cc1. The number of benzene rings is 3. The Kier molecular flexibility index (Phi) is 6.82. The normalized spacial score (nSPS) is 17.4. The summed E-state index contributed by atoms with van der Waals surface area (Å²) in [6.45, 7) is 5.15. The summed E-state index contributed by atoms with van der Waals surface area (Å²) in [6.07, 6.45) is 5.87. The molecule has 0 aliphatic carbocycles. The van der Waals surface area contributed by atoms with Crippen molar-refractivity contribution in [3.8, 4) is 11.1 Å².